The third-order valence-corrected chi connectivity index (χ3v) is 3.74. The first-order valence-electron chi connectivity index (χ1n) is 5.37. The minimum absolute atomic E-state index is 0.0556. The van der Waals surface area contributed by atoms with Crippen molar-refractivity contribution in [3.63, 3.8) is 0 Å². The van der Waals surface area contributed by atoms with E-state index in [-0.39, 0.29) is 6.04 Å². The van der Waals surface area contributed by atoms with Crippen molar-refractivity contribution in [3.05, 3.63) is 33.8 Å². The molecule has 2 rings (SSSR count). The van der Waals surface area contributed by atoms with Gasteiger partial charge >= 0.3 is 0 Å². The van der Waals surface area contributed by atoms with E-state index in [4.69, 9.17) is 28.9 Å². The van der Waals surface area contributed by atoms with Crippen molar-refractivity contribution in [2.75, 3.05) is 0 Å². The molecule has 82 valence electrons. The normalized spacial score (nSPS) is 18.6. The molecule has 1 aromatic carbocycles. The van der Waals surface area contributed by atoms with Crippen molar-refractivity contribution in [1.82, 2.24) is 0 Å². The second-order valence-corrected chi connectivity index (χ2v) is 5.15. The lowest BCUT2D eigenvalue weighted by atomic mass is 9.80. The highest BCUT2D eigenvalue weighted by Crippen LogP contribution is 2.35. The third-order valence-electron chi connectivity index (χ3n) is 3.17. The Labute approximate surface area is 101 Å². The van der Waals surface area contributed by atoms with Gasteiger partial charge in [0.25, 0.3) is 0 Å². The summed E-state index contributed by atoms with van der Waals surface area (Å²) < 4.78 is 0. The molecule has 0 amide bonds. The standard InChI is InChI=1S/C12H15Cl2N/c13-9-4-5-10(11(14)7-9)12(15)6-8-2-1-3-8/h4-5,7-8,12H,1-3,6,15H2. The van der Waals surface area contributed by atoms with Crippen molar-refractivity contribution < 1.29 is 0 Å². The van der Waals surface area contributed by atoms with E-state index in [0.717, 1.165) is 17.9 Å². The molecule has 0 saturated heterocycles. The van der Waals surface area contributed by atoms with Gasteiger partial charge in [-0.25, -0.2) is 0 Å². The second-order valence-electron chi connectivity index (χ2n) is 4.30. The highest BCUT2D eigenvalue weighted by Gasteiger charge is 2.21. The Balaban J connectivity index is 2.06. The first-order chi connectivity index (χ1) is 7.16. The van der Waals surface area contributed by atoms with Gasteiger partial charge in [-0.2, -0.15) is 0 Å². The van der Waals surface area contributed by atoms with Crippen molar-refractivity contribution >= 4 is 23.2 Å². The molecule has 15 heavy (non-hydrogen) atoms. The summed E-state index contributed by atoms with van der Waals surface area (Å²) in [5, 5.41) is 1.36. The van der Waals surface area contributed by atoms with E-state index in [0.29, 0.717) is 10.0 Å². The predicted octanol–water partition coefficient (Wildman–Crippen LogP) is 4.18. The highest BCUT2D eigenvalue weighted by atomic mass is 35.5. The quantitative estimate of drug-likeness (QED) is 0.847. The summed E-state index contributed by atoms with van der Waals surface area (Å²) in [5.41, 5.74) is 7.15. The summed E-state index contributed by atoms with van der Waals surface area (Å²) in [5.74, 6) is 0.798. The van der Waals surface area contributed by atoms with Crippen LogP contribution in [-0.2, 0) is 0 Å². The van der Waals surface area contributed by atoms with Crippen molar-refractivity contribution in [3.8, 4) is 0 Å². The van der Waals surface area contributed by atoms with Gasteiger partial charge in [0.2, 0.25) is 0 Å². The molecule has 1 nitrogen and oxygen atoms in total. The molecule has 1 fully saturated rings. The molecule has 0 aromatic heterocycles. The zero-order valence-electron chi connectivity index (χ0n) is 8.55. The van der Waals surface area contributed by atoms with Crippen LogP contribution in [0.25, 0.3) is 0 Å². The monoisotopic (exact) mass is 243 g/mol. The van der Waals surface area contributed by atoms with E-state index < -0.39 is 0 Å². The van der Waals surface area contributed by atoms with Crippen LogP contribution in [-0.4, -0.2) is 0 Å². The molecule has 0 radical (unpaired) electrons. The maximum absolute atomic E-state index is 6.13. The zero-order chi connectivity index (χ0) is 10.8. The molecule has 1 aromatic rings. The predicted molar refractivity (Wildman–Crippen MR) is 65.3 cm³/mol. The minimum atomic E-state index is 0.0556. The molecule has 3 heteroatoms. The summed E-state index contributed by atoms with van der Waals surface area (Å²) >= 11 is 11.9. The van der Waals surface area contributed by atoms with Crippen LogP contribution >= 0.6 is 23.2 Å². The van der Waals surface area contributed by atoms with Gasteiger partial charge in [0.15, 0.2) is 0 Å². The van der Waals surface area contributed by atoms with E-state index >= 15 is 0 Å². The molecule has 2 N–H and O–H groups in total. The van der Waals surface area contributed by atoms with Gasteiger partial charge < -0.3 is 5.73 Å². The smallest absolute Gasteiger partial charge is 0.0468 e. The van der Waals surface area contributed by atoms with Crippen LogP contribution in [0.15, 0.2) is 18.2 Å². The van der Waals surface area contributed by atoms with E-state index in [2.05, 4.69) is 0 Å². The van der Waals surface area contributed by atoms with Gasteiger partial charge in [-0.05, 0) is 30.0 Å². The molecule has 1 atom stereocenters. The topological polar surface area (TPSA) is 26.0 Å². The minimum Gasteiger partial charge on any atom is -0.324 e. The third kappa shape index (κ3) is 2.66. The Hall–Kier alpha value is -0.240. The highest BCUT2D eigenvalue weighted by molar-refractivity contribution is 6.35. The van der Waals surface area contributed by atoms with Gasteiger partial charge in [0.1, 0.15) is 0 Å². The van der Waals surface area contributed by atoms with Crippen molar-refractivity contribution in [2.45, 2.75) is 31.7 Å². The molecule has 0 spiro atoms. The number of nitrogens with two attached hydrogens (primary N) is 1. The molecule has 0 bridgehead atoms. The van der Waals surface area contributed by atoms with Crippen LogP contribution in [0.2, 0.25) is 10.0 Å². The Bertz CT molecular complexity index is 347. The van der Waals surface area contributed by atoms with Gasteiger partial charge in [0.05, 0.1) is 0 Å². The van der Waals surface area contributed by atoms with Crippen LogP contribution in [0, 0.1) is 5.92 Å². The summed E-state index contributed by atoms with van der Waals surface area (Å²) in [6, 6.07) is 5.61. The molecule has 1 aliphatic rings. The number of hydrogen-bond donors (Lipinski definition) is 1. The van der Waals surface area contributed by atoms with Crippen LogP contribution < -0.4 is 5.73 Å². The van der Waals surface area contributed by atoms with Gasteiger partial charge in [-0.15, -0.1) is 0 Å². The maximum Gasteiger partial charge on any atom is 0.0468 e. The van der Waals surface area contributed by atoms with Crippen LogP contribution in [0.1, 0.15) is 37.3 Å². The van der Waals surface area contributed by atoms with Crippen molar-refractivity contribution in [1.29, 1.82) is 0 Å². The second kappa shape index (κ2) is 4.73. The summed E-state index contributed by atoms with van der Waals surface area (Å²) in [6.45, 7) is 0. The van der Waals surface area contributed by atoms with Gasteiger partial charge in [-0.1, -0.05) is 48.5 Å². The number of halogens is 2. The van der Waals surface area contributed by atoms with E-state index in [1.165, 1.54) is 19.3 Å². The fraction of sp³-hybridized carbons (Fsp3) is 0.500. The van der Waals surface area contributed by atoms with Gasteiger partial charge in [-0.3, -0.25) is 0 Å². The fourth-order valence-corrected chi connectivity index (χ4v) is 2.57. The maximum atomic E-state index is 6.13. The van der Waals surface area contributed by atoms with E-state index in [1.54, 1.807) is 6.07 Å². The summed E-state index contributed by atoms with van der Waals surface area (Å²) in [4.78, 5) is 0. The van der Waals surface area contributed by atoms with Crippen LogP contribution in [0.5, 0.6) is 0 Å². The summed E-state index contributed by atoms with van der Waals surface area (Å²) in [7, 11) is 0. The first kappa shape index (κ1) is 11.3. The van der Waals surface area contributed by atoms with Crippen LogP contribution in [0.3, 0.4) is 0 Å². The number of hydrogen-bond acceptors (Lipinski definition) is 1. The largest absolute Gasteiger partial charge is 0.324 e. The summed E-state index contributed by atoms with van der Waals surface area (Å²) in [6.07, 6.45) is 5.03. The average molecular weight is 244 g/mol. The van der Waals surface area contributed by atoms with Crippen molar-refractivity contribution in [2.24, 2.45) is 11.7 Å². The molecule has 1 unspecified atom stereocenters. The SMILES string of the molecule is NC(CC1CCC1)c1ccc(Cl)cc1Cl. The average Bonchev–Trinajstić information content (AvgIpc) is 2.11. The number of benzene rings is 1. The molecule has 0 heterocycles. The number of rotatable bonds is 3. The Kier molecular flexibility index (Phi) is 3.55. The Morgan fingerprint density at radius 2 is 2.07 bits per heavy atom. The molecule has 0 aliphatic heterocycles. The van der Waals surface area contributed by atoms with Crippen LogP contribution in [0.4, 0.5) is 0 Å². The molecule has 1 aliphatic carbocycles. The van der Waals surface area contributed by atoms with E-state index in [1.807, 2.05) is 12.1 Å². The van der Waals surface area contributed by atoms with E-state index in [9.17, 15) is 0 Å². The lowest BCUT2D eigenvalue weighted by molar-refractivity contribution is 0.277. The lowest BCUT2D eigenvalue weighted by Gasteiger charge is -2.28. The van der Waals surface area contributed by atoms with Gasteiger partial charge in [0, 0.05) is 16.1 Å². The fourth-order valence-electron chi connectivity index (χ4n) is 2.02. The molecular formula is C12H15Cl2N. The molecule has 1 saturated carbocycles. The Morgan fingerprint density at radius 1 is 1.33 bits per heavy atom. The zero-order valence-corrected chi connectivity index (χ0v) is 10.1. The first-order valence-corrected chi connectivity index (χ1v) is 6.13. The Morgan fingerprint density at radius 3 is 2.60 bits per heavy atom. The molecular weight excluding hydrogens is 229 g/mol. The lowest BCUT2D eigenvalue weighted by Crippen LogP contribution is -2.20.